The molecule has 0 unspecified atom stereocenters. The van der Waals surface area contributed by atoms with Crippen molar-refractivity contribution in [2.24, 2.45) is 0 Å². The number of hydrogen-bond donors (Lipinski definition) is 2. The van der Waals surface area contributed by atoms with Gasteiger partial charge in [0, 0.05) is 47.7 Å². The number of aromatic amines is 1. The van der Waals surface area contributed by atoms with Crippen LogP contribution in [0, 0.1) is 0 Å². The summed E-state index contributed by atoms with van der Waals surface area (Å²) >= 11 is 0. The van der Waals surface area contributed by atoms with Crippen molar-refractivity contribution in [3.8, 4) is 0 Å². The molecule has 27 heavy (non-hydrogen) atoms. The van der Waals surface area contributed by atoms with Crippen molar-refractivity contribution in [2.45, 2.75) is 12.5 Å². The monoisotopic (exact) mass is 359 g/mol. The topological polar surface area (TPSA) is 65.2 Å². The van der Waals surface area contributed by atoms with Crippen LogP contribution in [0.25, 0.3) is 10.9 Å². The molecule has 0 saturated heterocycles. The van der Waals surface area contributed by atoms with E-state index in [0.29, 0.717) is 18.7 Å². The average molecular weight is 359 g/mol. The zero-order valence-corrected chi connectivity index (χ0v) is 14.9. The summed E-state index contributed by atoms with van der Waals surface area (Å²) < 4.78 is 0. The molecule has 2 aromatic carbocycles. The molecule has 0 radical (unpaired) electrons. The van der Waals surface area contributed by atoms with E-state index in [9.17, 15) is 9.59 Å². The number of aromatic nitrogens is 1. The second kappa shape index (κ2) is 7.11. The summed E-state index contributed by atoms with van der Waals surface area (Å²) in [5.41, 5.74) is 3.78. The summed E-state index contributed by atoms with van der Waals surface area (Å²) in [5, 5.41) is 3.86. The molecule has 2 amide bonds. The van der Waals surface area contributed by atoms with E-state index in [0.717, 1.165) is 22.0 Å². The van der Waals surface area contributed by atoms with E-state index in [1.807, 2.05) is 48.7 Å². The maximum atomic E-state index is 13.0. The van der Waals surface area contributed by atoms with Gasteiger partial charge in [0.25, 0.3) is 5.91 Å². The molecule has 5 heteroatoms. The molecule has 1 aliphatic heterocycles. The first-order valence-electron chi connectivity index (χ1n) is 9.04. The van der Waals surface area contributed by atoms with E-state index < -0.39 is 0 Å². The Bertz CT molecular complexity index is 1020. The summed E-state index contributed by atoms with van der Waals surface area (Å²) in [7, 11) is 0. The third-order valence-corrected chi connectivity index (χ3v) is 5.00. The van der Waals surface area contributed by atoms with Gasteiger partial charge < -0.3 is 15.2 Å². The van der Waals surface area contributed by atoms with E-state index >= 15 is 0 Å². The lowest BCUT2D eigenvalue weighted by molar-refractivity contribution is -0.121. The number of fused-ring (bicyclic) bond motifs is 2. The molecular formula is C22H21N3O2. The Morgan fingerprint density at radius 1 is 1.15 bits per heavy atom. The second-order valence-corrected chi connectivity index (χ2v) is 6.62. The van der Waals surface area contributed by atoms with Gasteiger partial charge in [0.15, 0.2) is 0 Å². The van der Waals surface area contributed by atoms with Gasteiger partial charge in [-0.15, -0.1) is 6.58 Å². The predicted molar refractivity (Wildman–Crippen MR) is 105 cm³/mol. The van der Waals surface area contributed by atoms with Crippen molar-refractivity contribution in [3.05, 3.63) is 84.1 Å². The highest BCUT2D eigenvalue weighted by molar-refractivity contribution is 6.01. The molecule has 0 spiro atoms. The number of H-pyrrole nitrogens is 1. The number of hydrogen-bond acceptors (Lipinski definition) is 2. The molecule has 3 aromatic rings. The number of nitrogens with zero attached hydrogens (tertiary/aromatic N) is 1. The molecule has 2 heterocycles. The Hall–Kier alpha value is -3.34. The first-order valence-corrected chi connectivity index (χ1v) is 9.04. The van der Waals surface area contributed by atoms with E-state index in [1.165, 1.54) is 0 Å². The molecule has 0 aliphatic carbocycles. The fraction of sp³-hybridized carbons (Fsp3) is 0.182. The molecule has 2 N–H and O–H groups in total. The molecule has 5 nitrogen and oxygen atoms in total. The number of rotatable bonds is 6. The third-order valence-electron chi connectivity index (χ3n) is 5.00. The molecule has 0 bridgehead atoms. The van der Waals surface area contributed by atoms with Crippen LogP contribution in [0.1, 0.15) is 33.9 Å². The number of benzene rings is 2. The number of amides is 2. The molecule has 0 fully saturated rings. The Labute approximate surface area is 157 Å². The fourth-order valence-electron chi connectivity index (χ4n) is 3.75. The van der Waals surface area contributed by atoms with E-state index in [2.05, 4.69) is 22.9 Å². The Morgan fingerprint density at radius 2 is 1.93 bits per heavy atom. The molecule has 1 aliphatic rings. The maximum absolute atomic E-state index is 13.0. The van der Waals surface area contributed by atoms with Crippen molar-refractivity contribution in [2.75, 3.05) is 13.1 Å². The van der Waals surface area contributed by atoms with Gasteiger partial charge in [-0.2, -0.15) is 0 Å². The summed E-state index contributed by atoms with van der Waals surface area (Å²) in [5.74, 6) is -0.117. The molecule has 0 saturated carbocycles. The van der Waals surface area contributed by atoms with Crippen molar-refractivity contribution in [1.82, 2.24) is 15.2 Å². The van der Waals surface area contributed by atoms with Crippen LogP contribution in [0.4, 0.5) is 0 Å². The first kappa shape index (κ1) is 17.1. The molecule has 136 valence electrons. The third kappa shape index (κ3) is 3.01. The van der Waals surface area contributed by atoms with Crippen molar-refractivity contribution in [1.29, 1.82) is 0 Å². The van der Waals surface area contributed by atoms with E-state index in [4.69, 9.17) is 0 Å². The quantitative estimate of drug-likeness (QED) is 0.663. The van der Waals surface area contributed by atoms with Gasteiger partial charge in [0.05, 0.1) is 6.04 Å². The maximum Gasteiger partial charge on any atom is 0.255 e. The van der Waals surface area contributed by atoms with Crippen LogP contribution in [-0.2, 0) is 4.79 Å². The van der Waals surface area contributed by atoms with Crippen LogP contribution in [0.5, 0.6) is 0 Å². The minimum atomic E-state index is -0.197. The standard InChI is InChI=1S/C22H21N3O2/c1-2-12-23-20(26)11-13-25-21(16-8-3-4-9-17(16)22(25)27)18-14-24-19-10-6-5-7-15(18)19/h2-10,14,21,24H,1,11-13H2,(H,23,26)/t21-/m0/s1. The molecule has 4 rings (SSSR count). The summed E-state index contributed by atoms with van der Waals surface area (Å²) in [6.45, 7) is 4.39. The van der Waals surface area contributed by atoms with Crippen LogP contribution in [0.15, 0.2) is 67.4 Å². The Kier molecular flexibility index (Phi) is 4.50. The van der Waals surface area contributed by atoms with Gasteiger partial charge in [-0.1, -0.05) is 42.5 Å². The van der Waals surface area contributed by atoms with Gasteiger partial charge in [-0.25, -0.2) is 0 Å². The average Bonchev–Trinajstić information content (AvgIpc) is 3.24. The zero-order valence-electron chi connectivity index (χ0n) is 14.9. The largest absolute Gasteiger partial charge is 0.361 e. The minimum Gasteiger partial charge on any atom is -0.361 e. The Morgan fingerprint density at radius 3 is 2.78 bits per heavy atom. The van der Waals surface area contributed by atoms with Gasteiger partial charge in [-0.3, -0.25) is 9.59 Å². The fourth-order valence-corrected chi connectivity index (χ4v) is 3.75. The van der Waals surface area contributed by atoms with Crippen molar-refractivity contribution in [3.63, 3.8) is 0 Å². The normalized spacial score (nSPS) is 15.8. The summed E-state index contributed by atoms with van der Waals surface area (Å²) in [4.78, 5) is 30.2. The highest BCUT2D eigenvalue weighted by atomic mass is 16.2. The molecule has 1 aromatic heterocycles. The zero-order chi connectivity index (χ0) is 18.8. The van der Waals surface area contributed by atoms with E-state index in [1.54, 1.807) is 11.0 Å². The lowest BCUT2D eigenvalue weighted by atomic mass is 9.97. The van der Waals surface area contributed by atoms with Gasteiger partial charge in [0.1, 0.15) is 0 Å². The highest BCUT2D eigenvalue weighted by Gasteiger charge is 2.38. The lowest BCUT2D eigenvalue weighted by Gasteiger charge is -2.25. The van der Waals surface area contributed by atoms with Crippen LogP contribution >= 0.6 is 0 Å². The SMILES string of the molecule is C=CCNC(=O)CCN1C(=O)c2ccccc2[C@H]1c1c[nH]c2ccccc12. The van der Waals surface area contributed by atoms with Crippen LogP contribution < -0.4 is 5.32 Å². The molecule has 1 atom stereocenters. The summed E-state index contributed by atoms with van der Waals surface area (Å²) in [6.07, 6.45) is 3.87. The Balaban J connectivity index is 1.70. The second-order valence-electron chi connectivity index (χ2n) is 6.62. The first-order chi connectivity index (χ1) is 13.2. The van der Waals surface area contributed by atoms with Gasteiger partial charge >= 0.3 is 0 Å². The number of nitrogens with one attached hydrogen (secondary N) is 2. The summed E-state index contributed by atoms with van der Waals surface area (Å²) in [6, 6.07) is 15.5. The van der Waals surface area contributed by atoms with Gasteiger partial charge in [0.2, 0.25) is 5.91 Å². The van der Waals surface area contributed by atoms with Crippen molar-refractivity contribution >= 4 is 22.7 Å². The smallest absolute Gasteiger partial charge is 0.255 e. The van der Waals surface area contributed by atoms with Crippen LogP contribution in [0.3, 0.4) is 0 Å². The number of carbonyl (C=O) groups excluding carboxylic acids is 2. The minimum absolute atomic E-state index is 0.0302. The van der Waals surface area contributed by atoms with E-state index in [-0.39, 0.29) is 24.3 Å². The predicted octanol–water partition coefficient (Wildman–Crippen LogP) is 3.41. The molecular weight excluding hydrogens is 338 g/mol. The van der Waals surface area contributed by atoms with Gasteiger partial charge in [-0.05, 0) is 17.7 Å². The number of para-hydroxylation sites is 1. The van der Waals surface area contributed by atoms with Crippen LogP contribution in [-0.4, -0.2) is 34.8 Å². The van der Waals surface area contributed by atoms with Crippen molar-refractivity contribution < 1.29 is 9.59 Å². The highest BCUT2D eigenvalue weighted by Crippen LogP contribution is 2.40. The lowest BCUT2D eigenvalue weighted by Crippen LogP contribution is -2.33. The number of carbonyl (C=O) groups is 2. The van der Waals surface area contributed by atoms with Crippen LogP contribution in [0.2, 0.25) is 0 Å².